The van der Waals surface area contributed by atoms with Crippen molar-refractivity contribution in [3.8, 4) is 5.75 Å². The van der Waals surface area contributed by atoms with Gasteiger partial charge in [-0.25, -0.2) is 14.0 Å². The van der Waals surface area contributed by atoms with E-state index in [-0.39, 0.29) is 18.1 Å². The standard InChI is InChI=1S/C25H19FN2O5/c1-2-27-24(31)20-5-3-4-6-21(20)28(25(27)32)15-22(29)33-19-13-9-17(10-14-19)23(30)16-7-11-18(26)12-8-16/h3-14H,2,15H2,1H3. The van der Waals surface area contributed by atoms with Gasteiger partial charge < -0.3 is 4.74 Å². The number of halogens is 1. The van der Waals surface area contributed by atoms with Gasteiger partial charge >= 0.3 is 11.7 Å². The summed E-state index contributed by atoms with van der Waals surface area (Å²) in [6.07, 6.45) is 0. The lowest BCUT2D eigenvalue weighted by molar-refractivity contribution is -0.135. The summed E-state index contributed by atoms with van der Waals surface area (Å²) in [5.74, 6) is -1.25. The lowest BCUT2D eigenvalue weighted by atomic mass is 10.0. The first-order chi connectivity index (χ1) is 15.9. The molecule has 0 amide bonds. The Morgan fingerprint density at radius 3 is 2.09 bits per heavy atom. The second kappa shape index (κ2) is 9.04. The number of hydrogen-bond donors (Lipinski definition) is 0. The molecule has 0 aliphatic heterocycles. The maximum atomic E-state index is 13.1. The SMILES string of the molecule is CCn1c(=O)c2ccccc2n(CC(=O)Oc2ccc(C(=O)c3ccc(F)cc3)cc2)c1=O. The maximum Gasteiger partial charge on any atom is 0.332 e. The molecule has 1 heterocycles. The predicted molar refractivity (Wildman–Crippen MR) is 120 cm³/mol. The number of nitrogens with zero attached hydrogens (tertiary/aromatic N) is 2. The fraction of sp³-hybridized carbons (Fsp3) is 0.120. The highest BCUT2D eigenvalue weighted by molar-refractivity contribution is 6.09. The molecule has 0 atom stereocenters. The number of aromatic nitrogens is 2. The minimum Gasteiger partial charge on any atom is -0.425 e. The summed E-state index contributed by atoms with van der Waals surface area (Å²) in [6, 6.07) is 17.7. The zero-order valence-corrected chi connectivity index (χ0v) is 17.7. The maximum absolute atomic E-state index is 13.1. The van der Waals surface area contributed by atoms with Gasteiger partial charge in [0.15, 0.2) is 5.78 Å². The second-order valence-electron chi connectivity index (χ2n) is 7.27. The Balaban J connectivity index is 1.55. The van der Waals surface area contributed by atoms with Gasteiger partial charge in [-0.2, -0.15) is 0 Å². The lowest BCUT2D eigenvalue weighted by Crippen LogP contribution is -2.41. The highest BCUT2D eigenvalue weighted by Crippen LogP contribution is 2.17. The van der Waals surface area contributed by atoms with E-state index in [1.165, 1.54) is 53.1 Å². The zero-order chi connectivity index (χ0) is 23.5. The van der Waals surface area contributed by atoms with Crippen LogP contribution in [0.3, 0.4) is 0 Å². The Hall–Kier alpha value is -4.33. The topological polar surface area (TPSA) is 87.4 Å². The van der Waals surface area contributed by atoms with Gasteiger partial charge in [-0.1, -0.05) is 12.1 Å². The number of ketones is 1. The van der Waals surface area contributed by atoms with E-state index in [9.17, 15) is 23.6 Å². The first kappa shape index (κ1) is 21.9. The Kier molecular flexibility index (Phi) is 5.99. The van der Waals surface area contributed by atoms with Gasteiger partial charge in [0.05, 0.1) is 10.9 Å². The molecule has 4 rings (SSSR count). The number of rotatable bonds is 6. The molecule has 0 unspecified atom stereocenters. The summed E-state index contributed by atoms with van der Waals surface area (Å²) in [5.41, 5.74) is 0.00834. The molecular weight excluding hydrogens is 427 g/mol. The third kappa shape index (κ3) is 4.36. The van der Waals surface area contributed by atoms with Crippen molar-refractivity contribution >= 4 is 22.7 Å². The van der Waals surface area contributed by atoms with Crippen LogP contribution in [0.4, 0.5) is 4.39 Å². The van der Waals surface area contributed by atoms with E-state index in [0.717, 1.165) is 4.57 Å². The first-order valence-electron chi connectivity index (χ1n) is 10.2. The lowest BCUT2D eigenvalue weighted by Gasteiger charge is -2.13. The van der Waals surface area contributed by atoms with Crippen LogP contribution < -0.4 is 16.0 Å². The number of carbonyl (C=O) groups is 2. The molecule has 4 aromatic rings. The highest BCUT2D eigenvalue weighted by Gasteiger charge is 2.16. The second-order valence-corrected chi connectivity index (χ2v) is 7.27. The number of para-hydroxylation sites is 1. The normalized spacial score (nSPS) is 10.8. The van der Waals surface area contributed by atoms with Crippen molar-refractivity contribution in [2.45, 2.75) is 20.0 Å². The average molecular weight is 446 g/mol. The van der Waals surface area contributed by atoms with Crippen LogP contribution in [0.5, 0.6) is 5.75 Å². The average Bonchev–Trinajstić information content (AvgIpc) is 2.83. The van der Waals surface area contributed by atoms with Crippen molar-refractivity contribution in [2.75, 3.05) is 0 Å². The Labute approximate surface area is 187 Å². The van der Waals surface area contributed by atoms with Gasteiger partial charge in [-0.15, -0.1) is 0 Å². The van der Waals surface area contributed by atoms with Crippen LogP contribution in [-0.2, 0) is 17.9 Å². The monoisotopic (exact) mass is 446 g/mol. The Morgan fingerprint density at radius 1 is 0.848 bits per heavy atom. The van der Waals surface area contributed by atoms with Crippen LogP contribution in [0.15, 0.2) is 82.4 Å². The minimum absolute atomic E-state index is 0.168. The quantitative estimate of drug-likeness (QED) is 0.258. The first-order valence-corrected chi connectivity index (χ1v) is 10.2. The number of ether oxygens (including phenoxy) is 1. The van der Waals surface area contributed by atoms with Crippen molar-refractivity contribution in [1.82, 2.24) is 9.13 Å². The third-order valence-electron chi connectivity index (χ3n) is 5.19. The van der Waals surface area contributed by atoms with Crippen molar-refractivity contribution < 1.29 is 18.7 Å². The largest absolute Gasteiger partial charge is 0.425 e. The molecule has 3 aromatic carbocycles. The molecule has 0 N–H and O–H groups in total. The van der Waals surface area contributed by atoms with Crippen LogP contribution in [0.2, 0.25) is 0 Å². The molecule has 0 bridgehead atoms. The molecule has 8 heteroatoms. The van der Waals surface area contributed by atoms with E-state index in [1.807, 2.05) is 0 Å². The van der Waals surface area contributed by atoms with Gasteiger partial charge in [0.25, 0.3) is 5.56 Å². The van der Waals surface area contributed by atoms with E-state index in [0.29, 0.717) is 22.0 Å². The fourth-order valence-electron chi connectivity index (χ4n) is 3.54. The van der Waals surface area contributed by atoms with Crippen molar-refractivity contribution in [1.29, 1.82) is 0 Å². The number of esters is 1. The summed E-state index contributed by atoms with van der Waals surface area (Å²) in [4.78, 5) is 50.3. The molecule has 0 spiro atoms. The fourth-order valence-corrected chi connectivity index (χ4v) is 3.54. The summed E-state index contributed by atoms with van der Waals surface area (Å²) < 4.78 is 20.7. The molecule has 0 fully saturated rings. The number of hydrogen-bond acceptors (Lipinski definition) is 5. The Bertz CT molecular complexity index is 1470. The molecule has 166 valence electrons. The summed E-state index contributed by atoms with van der Waals surface area (Å²) in [6.45, 7) is 1.45. The Morgan fingerprint density at radius 2 is 1.45 bits per heavy atom. The molecule has 1 aromatic heterocycles. The van der Waals surface area contributed by atoms with Gasteiger partial charge in [-0.3, -0.25) is 18.7 Å². The number of fused-ring (bicyclic) bond motifs is 1. The zero-order valence-electron chi connectivity index (χ0n) is 17.7. The molecule has 0 radical (unpaired) electrons. The molecular formula is C25H19FN2O5. The van der Waals surface area contributed by atoms with Crippen LogP contribution in [0.1, 0.15) is 22.8 Å². The van der Waals surface area contributed by atoms with Gasteiger partial charge in [0, 0.05) is 17.7 Å². The molecule has 33 heavy (non-hydrogen) atoms. The van der Waals surface area contributed by atoms with E-state index in [2.05, 4.69) is 0 Å². The van der Waals surface area contributed by atoms with Crippen molar-refractivity contribution in [2.24, 2.45) is 0 Å². The minimum atomic E-state index is -0.707. The molecule has 0 saturated carbocycles. The van der Waals surface area contributed by atoms with Crippen LogP contribution in [0, 0.1) is 5.82 Å². The molecule has 0 aliphatic rings. The van der Waals surface area contributed by atoms with E-state index in [1.54, 1.807) is 31.2 Å². The van der Waals surface area contributed by atoms with Gasteiger partial charge in [0.1, 0.15) is 18.1 Å². The molecule has 0 aliphatic carbocycles. The van der Waals surface area contributed by atoms with E-state index in [4.69, 9.17) is 4.74 Å². The van der Waals surface area contributed by atoms with Gasteiger partial charge in [0.2, 0.25) is 0 Å². The predicted octanol–water partition coefficient (Wildman–Crippen LogP) is 3.16. The van der Waals surface area contributed by atoms with Crippen LogP contribution >= 0.6 is 0 Å². The van der Waals surface area contributed by atoms with E-state index >= 15 is 0 Å². The summed E-state index contributed by atoms with van der Waals surface area (Å²) in [5, 5.41) is 0.329. The summed E-state index contributed by atoms with van der Waals surface area (Å²) in [7, 11) is 0. The summed E-state index contributed by atoms with van der Waals surface area (Å²) >= 11 is 0. The highest BCUT2D eigenvalue weighted by atomic mass is 19.1. The number of carbonyl (C=O) groups excluding carboxylic acids is 2. The van der Waals surface area contributed by atoms with Crippen LogP contribution in [-0.4, -0.2) is 20.9 Å². The number of benzene rings is 3. The van der Waals surface area contributed by atoms with Crippen LogP contribution in [0.25, 0.3) is 10.9 Å². The third-order valence-corrected chi connectivity index (χ3v) is 5.19. The van der Waals surface area contributed by atoms with E-state index < -0.39 is 29.6 Å². The van der Waals surface area contributed by atoms with Gasteiger partial charge in [-0.05, 0) is 67.6 Å². The molecule has 0 saturated heterocycles. The van der Waals surface area contributed by atoms with Crippen molar-refractivity contribution in [3.63, 3.8) is 0 Å². The molecule has 7 nitrogen and oxygen atoms in total. The van der Waals surface area contributed by atoms with Crippen molar-refractivity contribution in [3.05, 3.63) is 111 Å². The smallest absolute Gasteiger partial charge is 0.332 e.